The van der Waals surface area contributed by atoms with Crippen LogP contribution in [0.15, 0.2) is 45.2 Å². The Labute approximate surface area is 201 Å². The topological polar surface area (TPSA) is 114 Å². The van der Waals surface area contributed by atoms with Crippen molar-refractivity contribution in [2.45, 2.75) is 36.9 Å². The van der Waals surface area contributed by atoms with Crippen LogP contribution in [-0.2, 0) is 4.79 Å². The quantitative estimate of drug-likeness (QED) is 0.624. The maximum Gasteiger partial charge on any atom is 0.219 e. The number of anilines is 1. The number of benzene rings is 1. The van der Waals surface area contributed by atoms with E-state index in [4.69, 9.17) is 15.2 Å². The molecule has 4 rings (SSSR count). The third kappa shape index (κ3) is 3.96. The van der Waals surface area contributed by atoms with E-state index in [-0.39, 0.29) is 22.6 Å². The van der Waals surface area contributed by atoms with Crippen LogP contribution in [-0.4, -0.2) is 36.5 Å². The molecule has 0 saturated heterocycles. The van der Waals surface area contributed by atoms with E-state index in [0.717, 1.165) is 10.0 Å². The molecular weight excluding hydrogens is 458 g/mol. The van der Waals surface area contributed by atoms with E-state index < -0.39 is 5.92 Å². The van der Waals surface area contributed by atoms with E-state index in [1.807, 2.05) is 6.26 Å². The Morgan fingerprint density at radius 2 is 2.03 bits per heavy atom. The van der Waals surface area contributed by atoms with Gasteiger partial charge < -0.3 is 15.2 Å². The van der Waals surface area contributed by atoms with Crippen molar-refractivity contribution in [1.29, 1.82) is 5.26 Å². The number of thioether (sulfide) groups is 1. The molecule has 1 aromatic heterocycles. The number of nitrogens with two attached hydrogens (primary N) is 1. The van der Waals surface area contributed by atoms with Crippen molar-refractivity contribution in [1.82, 2.24) is 10.2 Å². The highest BCUT2D eigenvalue weighted by Gasteiger charge is 2.46. The van der Waals surface area contributed by atoms with Crippen molar-refractivity contribution in [3.8, 4) is 17.6 Å². The molecule has 0 amide bonds. The van der Waals surface area contributed by atoms with Crippen molar-refractivity contribution in [2.75, 3.05) is 25.4 Å². The molecule has 1 aliphatic carbocycles. The fraction of sp³-hybridized carbons (Fsp3) is 0.391. The van der Waals surface area contributed by atoms with Crippen molar-refractivity contribution in [2.24, 2.45) is 11.1 Å². The lowest BCUT2D eigenvalue weighted by Crippen LogP contribution is -2.42. The van der Waals surface area contributed by atoms with Gasteiger partial charge in [-0.05, 0) is 36.3 Å². The fourth-order valence-electron chi connectivity index (χ4n) is 4.48. The summed E-state index contributed by atoms with van der Waals surface area (Å²) in [5.74, 6) is 0.725. The number of nitrogens with zero attached hydrogens (tertiary/aromatic N) is 4. The first-order chi connectivity index (χ1) is 15.7. The van der Waals surface area contributed by atoms with Crippen molar-refractivity contribution >= 4 is 34.0 Å². The van der Waals surface area contributed by atoms with Crippen molar-refractivity contribution in [3.63, 3.8) is 0 Å². The Kier molecular flexibility index (Phi) is 6.12. The fourth-order valence-corrected chi connectivity index (χ4v) is 5.78. The van der Waals surface area contributed by atoms with Gasteiger partial charge in [0.15, 0.2) is 10.1 Å². The van der Waals surface area contributed by atoms with Gasteiger partial charge in [-0.15, -0.1) is 10.2 Å². The highest BCUT2D eigenvalue weighted by molar-refractivity contribution is 8.00. The number of ketones is 1. The van der Waals surface area contributed by atoms with Crippen LogP contribution in [0, 0.1) is 16.7 Å². The lowest BCUT2D eigenvalue weighted by Gasteiger charge is -2.42. The van der Waals surface area contributed by atoms with Gasteiger partial charge in [-0.25, -0.2) is 0 Å². The number of Topliss-reactive ketones (excluding diaryl/α,β-unsaturated/α-hetero) is 1. The summed E-state index contributed by atoms with van der Waals surface area (Å²) in [6.07, 6.45) is 2.89. The van der Waals surface area contributed by atoms with E-state index in [1.165, 1.54) is 23.1 Å². The van der Waals surface area contributed by atoms with Crippen LogP contribution in [0.3, 0.4) is 0 Å². The lowest BCUT2D eigenvalue weighted by atomic mass is 9.68. The monoisotopic (exact) mass is 483 g/mol. The first kappa shape index (κ1) is 23.1. The van der Waals surface area contributed by atoms with E-state index in [0.29, 0.717) is 40.6 Å². The Morgan fingerprint density at radius 1 is 1.27 bits per heavy atom. The summed E-state index contributed by atoms with van der Waals surface area (Å²) in [6.45, 7) is 4.11. The van der Waals surface area contributed by atoms with Crippen LogP contribution in [0.5, 0.6) is 11.5 Å². The molecule has 1 unspecified atom stereocenters. The lowest BCUT2D eigenvalue weighted by molar-refractivity contribution is -0.118. The Balaban J connectivity index is 2.02. The van der Waals surface area contributed by atoms with Crippen LogP contribution in [0.2, 0.25) is 0 Å². The third-order valence-electron chi connectivity index (χ3n) is 5.89. The maximum atomic E-state index is 13.6. The van der Waals surface area contributed by atoms with E-state index >= 15 is 0 Å². The van der Waals surface area contributed by atoms with Gasteiger partial charge in [-0.3, -0.25) is 9.69 Å². The average Bonchev–Trinajstić information content (AvgIpc) is 3.25. The number of aromatic nitrogens is 2. The minimum Gasteiger partial charge on any atom is -0.497 e. The predicted octanol–water partition coefficient (Wildman–Crippen LogP) is 4.22. The second-order valence-corrected chi connectivity index (χ2v) is 10.7. The predicted molar refractivity (Wildman–Crippen MR) is 128 cm³/mol. The van der Waals surface area contributed by atoms with Gasteiger partial charge in [-0.1, -0.05) is 36.9 Å². The van der Waals surface area contributed by atoms with Gasteiger partial charge in [0.25, 0.3) is 0 Å². The summed E-state index contributed by atoms with van der Waals surface area (Å²) in [5.41, 5.74) is 8.62. The van der Waals surface area contributed by atoms with E-state index in [9.17, 15) is 10.1 Å². The molecule has 172 valence electrons. The smallest absolute Gasteiger partial charge is 0.219 e. The number of nitriles is 1. The summed E-state index contributed by atoms with van der Waals surface area (Å²) >= 11 is 2.86. The first-order valence-electron chi connectivity index (χ1n) is 10.3. The van der Waals surface area contributed by atoms with Crippen molar-refractivity contribution < 1.29 is 14.3 Å². The second-order valence-electron chi connectivity index (χ2n) is 8.64. The summed E-state index contributed by atoms with van der Waals surface area (Å²) in [4.78, 5) is 15.4. The molecule has 0 spiro atoms. The molecule has 1 atom stereocenters. The molecule has 2 N–H and O–H groups in total. The average molecular weight is 484 g/mol. The number of methoxy groups -OCH3 is 2. The molecule has 1 aromatic carbocycles. The summed E-state index contributed by atoms with van der Waals surface area (Å²) in [7, 11) is 3.13. The van der Waals surface area contributed by atoms with Gasteiger partial charge in [-0.2, -0.15) is 5.26 Å². The number of rotatable bonds is 5. The highest BCUT2D eigenvalue weighted by Crippen LogP contribution is 2.52. The minimum atomic E-state index is -0.664. The SMILES string of the molecule is COc1ccc(OC)c(C2C(C#N)=C(N)N(c3nnc(SC)s3)C3=C2C(=O)CC(C)(C)C3)c1. The van der Waals surface area contributed by atoms with Gasteiger partial charge >= 0.3 is 0 Å². The van der Waals surface area contributed by atoms with Gasteiger partial charge in [0.2, 0.25) is 5.13 Å². The molecule has 1 aliphatic heterocycles. The Hall–Kier alpha value is -3.03. The van der Waals surface area contributed by atoms with E-state index in [1.54, 1.807) is 37.3 Å². The Morgan fingerprint density at radius 3 is 2.64 bits per heavy atom. The zero-order valence-corrected chi connectivity index (χ0v) is 20.8. The molecule has 0 fully saturated rings. The molecule has 0 radical (unpaired) electrons. The molecule has 8 nitrogen and oxygen atoms in total. The van der Waals surface area contributed by atoms with Gasteiger partial charge in [0.05, 0.1) is 31.8 Å². The zero-order valence-electron chi connectivity index (χ0n) is 19.1. The summed E-state index contributed by atoms with van der Waals surface area (Å²) in [6, 6.07) is 7.63. The molecule has 2 heterocycles. The number of hydrogen-bond donors (Lipinski definition) is 1. The molecule has 0 bridgehead atoms. The summed E-state index contributed by atoms with van der Waals surface area (Å²) in [5, 5.41) is 19.3. The number of hydrogen-bond acceptors (Lipinski definition) is 10. The minimum absolute atomic E-state index is 0.0176. The number of allylic oxidation sites excluding steroid dienone is 3. The van der Waals surface area contributed by atoms with Gasteiger partial charge in [0, 0.05) is 23.3 Å². The Bertz CT molecular complexity index is 1220. The molecule has 2 aromatic rings. The third-order valence-corrected chi connectivity index (χ3v) is 7.77. The molecule has 0 saturated carbocycles. The van der Waals surface area contributed by atoms with Gasteiger partial charge in [0.1, 0.15) is 17.3 Å². The number of carbonyl (C=O) groups is 1. The first-order valence-corrected chi connectivity index (χ1v) is 12.3. The van der Waals surface area contributed by atoms with Crippen LogP contribution in [0.25, 0.3) is 0 Å². The van der Waals surface area contributed by atoms with E-state index in [2.05, 4.69) is 30.1 Å². The second kappa shape index (κ2) is 8.72. The van der Waals surface area contributed by atoms with Crippen LogP contribution in [0.4, 0.5) is 5.13 Å². The van der Waals surface area contributed by atoms with Crippen LogP contribution in [0.1, 0.15) is 38.2 Å². The highest BCUT2D eigenvalue weighted by atomic mass is 32.2. The zero-order chi connectivity index (χ0) is 23.9. The van der Waals surface area contributed by atoms with Crippen LogP contribution >= 0.6 is 23.1 Å². The molecule has 2 aliphatic rings. The standard InChI is InChI=1S/C23H25N5O3S2/c1-23(2)9-15-19(16(29)10-23)18(13-8-12(30-3)6-7-17(13)31-4)14(11-24)20(25)28(15)21-26-27-22(32-5)33-21/h6-8,18H,9-10,25H2,1-5H3. The normalized spacial score (nSPS) is 19.9. The summed E-state index contributed by atoms with van der Waals surface area (Å²) < 4.78 is 11.8. The molecule has 33 heavy (non-hydrogen) atoms. The maximum absolute atomic E-state index is 13.6. The van der Waals surface area contributed by atoms with Crippen molar-refractivity contribution in [3.05, 3.63) is 46.4 Å². The largest absolute Gasteiger partial charge is 0.497 e. The number of ether oxygens (including phenoxy) is 2. The van der Waals surface area contributed by atoms with Crippen LogP contribution < -0.4 is 20.1 Å². The molecule has 10 heteroatoms. The number of carbonyl (C=O) groups excluding carboxylic acids is 1. The molecular formula is C23H25N5O3S2.